The molecule has 21 heavy (non-hydrogen) atoms. The molecule has 114 valence electrons. The molecule has 0 aliphatic rings. The minimum atomic E-state index is -0.370. The van der Waals surface area contributed by atoms with Crippen molar-refractivity contribution in [3.63, 3.8) is 0 Å². The molecule has 0 saturated heterocycles. The number of Topliss-reactive ketones (excluding diaryl/α,β-unsaturated/α-hetero) is 1. The molecule has 2 N–H and O–H groups in total. The highest BCUT2D eigenvalue weighted by atomic mass is 32.2. The van der Waals surface area contributed by atoms with Crippen molar-refractivity contribution >= 4 is 17.5 Å². The first-order valence-corrected chi connectivity index (χ1v) is 7.59. The third-order valence-corrected chi connectivity index (χ3v) is 3.96. The fraction of sp³-hybridized carbons (Fsp3) is 0.538. The van der Waals surface area contributed by atoms with Crippen molar-refractivity contribution in [1.82, 2.24) is 24.7 Å². The number of ketones is 1. The first kappa shape index (κ1) is 15.6. The maximum absolute atomic E-state index is 11.9. The van der Waals surface area contributed by atoms with Gasteiger partial charge in [-0.25, -0.2) is 9.36 Å². The number of nitrogens with zero attached hydrogens (tertiary/aromatic N) is 5. The van der Waals surface area contributed by atoms with E-state index in [2.05, 4.69) is 15.3 Å². The Balaban J connectivity index is 2.18. The summed E-state index contributed by atoms with van der Waals surface area (Å²) in [5.74, 6) is 6.90. The van der Waals surface area contributed by atoms with Crippen LogP contribution in [0.3, 0.4) is 0 Å². The first-order chi connectivity index (χ1) is 9.70. The molecule has 0 radical (unpaired) electrons. The number of carbonyl (C=O) groups excluding carboxylic acids is 1. The Morgan fingerprint density at radius 2 is 2.00 bits per heavy atom. The summed E-state index contributed by atoms with van der Waals surface area (Å²) in [6.07, 6.45) is 0. The normalized spacial score (nSPS) is 11.9. The molecule has 0 bridgehead atoms. The summed E-state index contributed by atoms with van der Waals surface area (Å²) in [7, 11) is 0. The summed E-state index contributed by atoms with van der Waals surface area (Å²) < 4.78 is 3.00. The second-order valence-corrected chi connectivity index (χ2v) is 6.90. The van der Waals surface area contributed by atoms with Crippen LogP contribution in [0.2, 0.25) is 0 Å². The molecule has 0 fully saturated rings. The topological polar surface area (TPSA) is 91.6 Å². The van der Waals surface area contributed by atoms with Gasteiger partial charge in [0.05, 0.1) is 11.4 Å². The predicted molar refractivity (Wildman–Crippen MR) is 82.0 cm³/mol. The van der Waals surface area contributed by atoms with Crippen LogP contribution in [0.15, 0.2) is 11.2 Å². The van der Waals surface area contributed by atoms with Crippen LogP contribution < -0.4 is 5.84 Å². The lowest BCUT2D eigenvalue weighted by Crippen LogP contribution is -2.23. The van der Waals surface area contributed by atoms with E-state index in [1.165, 1.54) is 16.4 Å². The van der Waals surface area contributed by atoms with Gasteiger partial charge in [0.25, 0.3) is 5.95 Å². The molecule has 0 unspecified atom stereocenters. The number of aryl methyl sites for hydroxylation is 2. The molecular formula is C13H20N6OS. The number of carbonyl (C=O) groups is 1. The van der Waals surface area contributed by atoms with Crippen molar-refractivity contribution in [3.8, 4) is 5.95 Å². The van der Waals surface area contributed by atoms with Gasteiger partial charge in [-0.15, -0.1) is 10.2 Å². The van der Waals surface area contributed by atoms with Crippen LogP contribution in [0.25, 0.3) is 5.95 Å². The van der Waals surface area contributed by atoms with E-state index in [-0.39, 0.29) is 11.2 Å². The Bertz CT molecular complexity index is 667. The number of hydrogen-bond acceptors (Lipinski definition) is 6. The van der Waals surface area contributed by atoms with Crippen molar-refractivity contribution in [2.75, 3.05) is 11.6 Å². The van der Waals surface area contributed by atoms with Crippen molar-refractivity contribution in [2.24, 2.45) is 5.41 Å². The van der Waals surface area contributed by atoms with E-state index in [1.807, 2.05) is 40.7 Å². The standard InChI is InChI=1S/C13H20N6OS/c1-8-6-9(2)19(17-8)11-15-16-12(18(11)14)21-7-10(20)13(3,4)5/h6H,7,14H2,1-5H3. The van der Waals surface area contributed by atoms with Gasteiger partial charge in [0, 0.05) is 11.1 Å². The Labute approximate surface area is 127 Å². The molecule has 8 heteroatoms. The number of nitrogens with two attached hydrogens (primary N) is 1. The molecule has 0 spiro atoms. The van der Waals surface area contributed by atoms with Crippen molar-refractivity contribution < 1.29 is 4.79 Å². The summed E-state index contributed by atoms with van der Waals surface area (Å²) in [6, 6.07) is 1.94. The largest absolute Gasteiger partial charge is 0.334 e. The highest BCUT2D eigenvalue weighted by molar-refractivity contribution is 7.99. The highest BCUT2D eigenvalue weighted by Crippen LogP contribution is 2.22. The summed E-state index contributed by atoms with van der Waals surface area (Å²) >= 11 is 1.28. The average molecular weight is 308 g/mol. The van der Waals surface area contributed by atoms with E-state index in [4.69, 9.17) is 5.84 Å². The van der Waals surface area contributed by atoms with Crippen LogP contribution >= 0.6 is 11.8 Å². The van der Waals surface area contributed by atoms with Gasteiger partial charge in [0.15, 0.2) is 0 Å². The quantitative estimate of drug-likeness (QED) is 0.680. The Morgan fingerprint density at radius 1 is 1.33 bits per heavy atom. The van der Waals surface area contributed by atoms with Gasteiger partial charge in [-0.05, 0) is 19.9 Å². The summed E-state index contributed by atoms with van der Waals surface area (Å²) in [5.41, 5.74) is 1.44. The fourth-order valence-corrected chi connectivity index (χ4v) is 2.70. The molecule has 0 aromatic carbocycles. The van der Waals surface area contributed by atoms with Crippen LogP contribution in [-0.4, -0.2) is 36.2 Å². The van der Waals surface area contributed by atoms with E-state index in [0.717, 1.165) is 11.4 Å². The Hall–Kier alpha value is -1.83. The average Bonchev–Trinajstić information content (AvgIpc) is 2.88. The van der Waals surface area contributed by atoms with Crippen LogP contribution in [0.5, 0.6) is 0 Å². The predicted octanol–water partition coefficient (Wildman–Crippen LogP) is 1.50. The molecule has 0 saturated carbocycles. The van der Waals surface area contributed by atoms with E-state index < -0.39 is 0 Å². The molecule has 0 aliphatic carbocycles. The third-order valence-electron chi connectivity index (χ3n) is 3.01. The van der Waals surface area contributed by atoms with Crippen LogP contribution in [-0.2, 0) is 4.79 Å². The van der Waals surface area contributed by atoms with Gasteiger partial charge in [-0.2, -0.15) is 5.10 Å². The van der Waals surface area contributed by atoms with Gasteiger partial charge < -0.3 is 5.84 Å². The third kappa shape index (κ3) is 3.26. The lowest BCUT2D eigenvalue weighted by molar-refractivity contribution is -0.123. The van der Waals surface area contributed by atoms with E-state index >= 15 is 0 Å². The van der Waals surface area contributed by atoms with Crippen LogP contribution in [0.1, 0.15) is 32.2 Å². The summed E-state index contributed by atoms with van der Waals surface area (Å²) in [6.45, 7) is 9.50. The number of aromatic nitrogens is 5. The zero-order valence-electron chi connectivity index (χ0n) is 12.9. The maximum Gasteiger partial charge on any atom is 0.271 e. The highest BCUT2D eigenvalue weighted by Gasteiger charge is 2.22. The fourth-order valence-electron chi connectivity index (χ4n) is 1.69. The first-order valence-electron chi connectivity index (χ1n) is 6.60. The van der Waals surface area contributed by atoms with Gasteiger partial charge >= 0.3 is 0 Å². The SMILES string of the molecule is Cc1cc(C)n(-c2nnc(SCC(=O)C(C)(C)C)n2N)n1. The van der Waals surface area contributed by atoms with Crippen LogP contribution in [0.4, 0.5) is 0 Å². The Kier molecular flexibility index (Phi) is 4.08. The molecule has 7 nitrogen and oxygen atoms in total. The second kappa shape index (κ2) is 5.51. The molecule has 2 aromatic rings. The number of hydrogen-bond donors (Lipinski definition) is 1. The molecule has 0 atom stereocenters. The van der Waals surface area contributed by atoms with E-state index in [0.29, 0.717) is 16.9 Å². The van der Waals surface area contributed by atoms with Crippen molar-refractivity contribution in [2.45, 2.75) is 39.8 Å². The van der Waals surface area contributed by atoms with Crippen LogP contribution in [0, 0.1) is 19.3 Å². The minimum Gasteiger partial charge on any atom is -0.334 e. The zero-order chi connectivity index (χ0) is 15.8. The van der Waals surface area contributed by atoms with Gasteiger partial charge in [-0.3, -0.25) is 4.79 Å². The van der Waals surface area contributed by atoms with E-state index in [1.54, 1.807) is 4.68 Å². The Morgan fingerprint density at radius 3 is 2.52 bits per heavy atom. The molecule has 2 heterocycles. The molecule has 0 amide bonds. The molecular weight excluding hydrogens is 288 g/mol. The van der Waals surface area contributed by atoms with Gasteiger partial charge in [-0.1, -0.05) is 32.5 Å². The van der Waals surface area contributed by atoms with Gasteiger partial charge in [0.1, 0.15) is 5.78 Å². The van der Waals surface area contributed by atoms with Crippen molar-refractivity contribution in [3.05, 3.63) is 17.5 Å². The lowest BCUT2D eigenvalue weighted by atomic mass is 9.92. The molecule has 2 aromatic heterocycles. The second-order valence-electron chi connectivity index (χ2n) is 5.95. The molecule has 2 rings (SSSR count). The number of nitrogen functional groups attached to an aromatic ring is 1. The van der Waals surface area contributed by atoms with Crippen molar-refractivity contribution in [1.29, 1.82) is 0 Å². The summed E-state index contributed by atoms with van der Waals surface area (Å²) in [5, 5.41) is 12.9. The zero-order valence-corrected chi connectivity index (χ0v) is 13.7. The van der Waals surface area contributed by atoms with Gasteiger partial charge in [0.2, 0.25) is 5.16 Å². The summed E-state index contributed by atoms with van der Waals surface area (Å²) in [4.78, 5) is 11.9. The lowest BCUT2D eigenvalue weighted by Gasteiger charge is -2.15. The van der Waals surface area contributed by atoms with E-state index in [9.17, 15) is 4.79 Å². The molecule has 0 aliphatic heterocycles. The minimum absolute atomic E-state index is 0.142. The number of rotatable bonds is 4. The maximum atomic E-state index is 11.9. The monoisotopic (exact) mass is 308 g/mol. The smallest absolute Gasteiger partial charge is 0.271 e. The number of thioether (sulfide) groups is 1.